The molecule has 3 rings (SSSR count). The molecule has 2 N–H and O–H groups in total. The Labute approximate surface area is 129 Å². The van der Waals surface area contributed by atoms with Gasteiger partial charge in [0.05, 0.1) is 17.1 Å². The normalized spacial score (nSPS) is 21.1. The Morgan fingerprint density at radius 3 is 2.39 bits per heavy atom. The van der Waals surface area contributed by atoms with Crippen LogP contribution in [0.15, 0.2) is 43.4 Å². The Hall–Kier alpha value is -0.590. The summed E-state index contributed by atoms with van der Waals surface area (Å²) in [5, 5.41) is 6.54. The zero-order valence-electron chi connectivity index (χ0n) is 8.93. The summed E-state index contributed by atoms with van der Waals surface area (Å²) in [6.07, 6.45) is 3.34. The van der Waals surface area contributed by atoms with Gasteiger partial charge in [-0.15, -0.1) is 0 Å². The molecule has 6 heteroatoms. The van der Waals surface area contributed by atoms with E-state index in [0.29, 0.717) is 0 Å². The largest absolute Gasteiger partial charge is 0.368 e. The van der Waals surface area contributed by atoms with E-state index in [2.05, 4.69) is 58.4 Å². The molecular weight excluding hydrogens is 428 g/mol. The quantitative estimate of drug-likeness (QED) is 0.644. The van der Waals surface area contributed by atoms with Gasteiger partial charge in [-0.1, -0.05) is 0 Å². The van der Waals surface area contributed by atoms with Crippen molar-refractivity contribution >= 4 is 64.9 Å². The summed E-state index contributed by atoms with van der Waals surface area (Å²) < 4.78 is 2.80. The minimum atomic E-state index is -0.343. The third-order valence-corrected chi connectivity index (χ3v) is 5.39. The number of carbonyl (C=O) groups is 1. The molecule has 3 nitrogen and oxygen atoms in total. The Bertz CT molecular complexity index is 622. The van der Waals surface area contributed by atoms with Crippen molar-refractivity contribution in [2.24, 2.45) is 0 Å². The van der Waals surface area contributed by atoms with E-state index in [-0.39, 0.29) is 11.8 Å². The van der Waals surface area contributed by atoms with Gasteiger partial charge < -0.3 is 10.6 Å². The number of anilines is 2. The van der Waals surface area contributed by atoms with Crippen LogP contribution in [0, 0.1) is 0 Å². The Balaban J connectivity index is 2.12. The summed E-state index contributed by atoms with van der Waals surface area (Å²) in [6.45, 7) is 0. The van der Waals surface area contributed by atoms with E-state index in [4.69, 9.17) is 0 Å². The molecular formula is C12H7Br3N2O. The number of rotatable bonds is 0. The van der Waals surface area contributed by atoms with E-state index in [1.165, 1.54) is 0 Å². The van der Waals surface area contributed by atoms with Crippen molar-refractivity contribution in [1.29, 1.82) is 0 Å². The van der Waals surface area contributed by atoms with Crippen LogP contribution < -0.4 is 10.6 Å². The Morgan fingerprint density at radius 2 is 1.67 bits per heavy atom. The molecule has 1 aliphatic carbocycles. The van der Waals surface area contributed by atoms with Gasteiger partial charge in [-0.2, -0.15) is 0 Å². The van der Waals surface area contributed by atoms with E-state index in [0.717, 1.165) is 30.5 Å². The first-order valence-corrected chi connectivity index (χ1v) is 7.58. The molecule has 0 bridgehead atoms. The van der Waals surface area contributed by atoms with Crippen molar-refractivity contribution in [2.75, 3.05) is 10.6 Å². The van der Waals surface area contributed by atoms with Crippen LogP contribution in [0.3, 0.4) is 0 Å². The number of hydrogen-bond donors (Lipinski definition) is 2. The molecule has 0 amide bonds. The minimum absolute atomic E-state index is 0.0467. The highest BCUT2D eigenvalue weighted by Crippen LogP contribution is 2.39. The number of hydrogen-bond acceptors (Lipinski definition) is 3. The van der Waals surface area contributed by atoms with E-state index in [1.807, 2.05) is 12.1 Å². The average molecular weight is 435 g/mol. The average Bonchev–Trinajstić information content (AvgIpc) is 2.34. The molecule has 1 aliphatic heterocycles. The van der Waals surface area contributed by atoms with Crippen molar-refractivity contribution < 1.29 is 4.79 Å². The highest BCUT2D eigenvalue weighted by Gasteiger charge is 2.31. The first-order chi connectivity index (χ1) is 8.56. The van der Waals surface area contributed by atoms with Crippen molar-refractivity contribution in [1.82, 2.24) is 0 Å². The summed E-state index contributed by atoms with van der Waals surface area (Å²) in [5.41, 5.74) is 2.70. The van der Waals surface area contributed by atoms with Crippen LogP contribution in [-0.4, -0.2) is 11.8 Å². The lowest BCUT2D eigenvalue weighted by molar-refractivity contribution is -0.114. The fourth-order valence-electron chi connectivity index (χ4n) is 1.97. The molecule has 1 aromatic carbocycles. The van der Waals surface area contributed by atoms with Crippen molar-refractivity contribution in [3.8, 4) is 0 Å². The van der Waals surface area contributed by atoms with E-state index in [9.17, 15) is 4.79 Å². The predicted octanol–water partition coefficient (Wildman–Crippen LogP) is 4.16. The maximum absolute atomic E-state index is 11.9. The molecule has 92 valence electrons. The third-order valence-electron chi connectivity index (χ3n) is 2.85. The summed E-state index contributed by atoms with van der Waals surface area (Å²) in [7, 11) is 0. The maximum Gasteiger partial charge on any atom is 0.184 e. The third kappa shape index (κ3) is 1.96. The summed E-state index contributed by atoms with van der Waals surface area (Å²) >= 11 is 10.4. The smallest absolute Gasteiger partial charge is 0.184 e. The summed E-state index contributed by atoms with van der Waals surface area (Å²) in [5.74, 6) is 0.0467. The number of nitrogens with one attached hydrogen (secondary N) is 2. The molecule has 0 radical (unpaired) electrons. The monoisotopic (exact) mass is 432 g/mol. The first kappa shape index (κ1) is 12.4. The van der Waals surface area contributed by atoms with Crippen molar-refractivity contribution in [3.05, 3.63) is 43.4 Å². The van der Waals surface area contributed by atoms with Crippen molar-refractivity contribution in [3.63, 3.8) is 0 Å². The minimum Gasteiger partial charge on any atom is -0.368 e. The molecule has 18 heavy (non-hydrogen) atoms. The van der Waals surface area contributed by atoms with Crippen LogP contribution in [0.4, 0.5) is 11.4 Å². The van der Waals surface area contributed by atoms with Gasteiger partial charge in [0.25, 0.3) is 0 Å². The van der Waals surface area contributed by atoms with Gasteiger partial charge in [0.15, 0.2) is 5.78 Å². The van der Waals surface area contributed by atoms with Crippen LogP contribution in [0.1, 0.15) is 0 Å². The fourth-order valence-corrected chi connectivity index (χ4v) is 3.11. The molecule has 0 saturated heterocycles. The van der Waals surface area contributed by atoms with Gasteiger partial charge in [0, 0.05) is 13.4 Å². The number of benzene rings is 1. The summed E-state index contributed by atoms with van der Waals surface area (Å²) in [6, 6.07) is 3.58. The molecule has 0 aromatic heterocycles. The zero-order chi connectivity index (χ0) is 12.9. The van der Waals surface area contributed by atoms with Crippen LogP contribution >= 0.6 is 47.8 Å². The molecule has 1 unspecified atom stereocenters. The van der Waals surface area contributed by atoms with Gasteiger partial charge in [-0.3, -0.25) is 4.79 Å². The topological polar surface area (TPSA) is 41.1 Å². The predicted molar refractivity (Wildman–Crippen MR) is 83.0 cm³/mol. The molecule has 1 aromatic rings. The van der Waals surface area contributed by atoms with E-state index < -0.39 is 0 Å². The van der Waals surface area contributed by atoms with E-state index in [1.54, 1.807) is 12.2 Å². The van der Waals surface area contributed by atoms with Gasteiger partial charge in [-0.25, -0.2) is 0 Å². The Morgan fingerprint density at radius 1 is 1.00 bits per heavy atom. The van der Waals surface area contributed by atoms with E-state index >= 15 is 0 Å². The van der Waals surface area contributed by atoms with Gasteiger partial charge >= 0.3 is 0 Å². The van der Waals surface area contributed by atoms with Crippen LogP contribution in [0.25, 0.3) is 0 Å². The second-order valence-corrected chi connectivity index (χ2v) is 6.57. The lowest BCUT2D eigenvalue weighted by Crippen LogP contribution is -2.38. The highest BCUT2D eigenvalue weighted by molar-refractivity contribution is 9.13. The lowest BCUT2D eigenvalue weighted by Gasteiger charge is -2.32. The van der Waals surface area contributed by atoms with Gasteiger partial charge in [0.2, 0.25) is 0 Å². The van der Waals surface area contributed by atoms with Crippen LogP contribution in [0.2, 0.25) is 0 Å². The fraction of sp³-hybridized carbons (Fsp3) is 0.0833. The van der Waals surface area contributed by atoms with Gasteiger partial charge in [-0.05, 0) is 72.1 Å². The number of carbonyl (C=O) groups excluding carboxylic acids is 1. The molecule has 1 heterocycles. The van der Waals surface area contributed by atoms with Gasteiger partial charge in [0.1, 0.15) is 6.04 Å². The maximum atomic E-state index is 11.9. The van der Waals surface area contributed by atoms with Crippen molar-refractivity contribution in [2.45, 2.75) is 6.04 Å². The highest BCUT2D eigenvalue weighted by atomic mass is 79.9. The molecule has 0 spiro atoms. The van der Waals surface area contributed by atoms with Crippen LogP contribution in [-0.2, 0) is 4.79 Å². The number of allylic oxidation sites excluding steroid dienone is 2. The molecule has 2 aliphatic rings. The number of halogens is 3. The second-order valence-electron chi connectivity index (χ2n) is 4.01. The Kier molecular flexibility index (Phi) is 3.11. The number of fused-ring (bicyclic) bond motifs is 2. The summed E-state index contributed by atoms with van der Waals surface area (Å²) in [4.78, 5) is 11.9. The SMILES string of the molecule is O=C1C=CC(Br)=C2Nc3cc(Br)c(Br)cc3NC12. The standard InChI is InChI=1S/C12H7Br3N2O/c13-5-1-2-10(18)12-11(5)16-8-3-6(14)7(15)4-9(8)17-12/h1-4,12,16-17H. The first-order valence-electron chi connectivity index (χ1n) is 5.20. The molecule has 0 fully saturated rings. The molecule has 1 atom stereocenters. The zero-order valence-corrected chi connectivity index (χ0v) is 13.7. The molecule has 0 saturated carbocycles. The van der Waals surface area contributed by atoms with Crippen LogP contribution in [0.5, 0.6) is 0 Å². The lowest BCUT2D eigenvalue weighted by atomic mass is 10.00. The number of ketones is 1. The second kappa shape index (κ2) is 4.51.